The number of carboxylic acid groups (broad SMARTS) is 1. The number of ether oxygens (including phenoxy) is 1. The van der Waals surface area contributed by atoms with Crippen molar-refractivity contribution in [3.05, 3.63) is 0 Å². The molecule has 0 aliphatic carbocycles. The van der Waals surface area contributed by atoms with Crippen molar-refractivity contribution in [2.45, 2.75) is 38.6 Å². The lowest BCUT2D eigenvalue weighted by molar-refractivity contribution is -0.142. The second kappa shape index (κ2) is 7.72. The van der Waals surface area contributed by atoms with Gasteiger partial charge in [-0.05, 0) is 26.2 Å². The normalized spacial score (nSPS) is 18.5. The Morgan fingerprint density at radius 2 is 2.05 bits per heavy atom. The van der Waals surface area contributed by atoms with Crippen molar-refractivity contribution in [1.82, 2.24) is 9.80 Å². The summed E-state index contributed by atoms with van der Waals surface area (Å²) in [6, 6.07) is -0.579. The standard InChI is InChI=1S/C13H22N2O5/c1-3-14(9-12(18)20-2)13(19)15-7-5-4-6-10(15)8-11(16)17/h10H,3-9H2,1-2H3,(H,16,17). The van der Waals surface area contributed by atoms with Gasteiger partial charge in [-0.3, -0.25) is 9.59 Å². The van der Waals surface area contributed by atoms with Crippen LogP contribution in [0, 0.1) is 0 Å². The molecule has 1 aliphatic heterocycles. The number of amides is 2. The number of urea groups is 1. The predicted octanol–water partition coefficient (Wildman–Crippen LogP) is 0.930. The fourth-order valence-corrected chi connectivity index (χ4v) is 2.38. The predicted molar refractivity (Wildman–Crippen MR) is 71.3 cm³/mol. The summed E-state index contributed by atoms with van der Waals surface area (Å²) in [5, 5.41) is 8.92. The number of likely N-dealkylation sites (tertiary alicyclic amines) is 1. The molecule has 0 aromatic heterocycles. The number of piperidine rings is 1. The van der Waals surface area contributed by atoms with Gasteiger partial charge in [0.1, 0.15) is 6.54 Å². The van der Waals surface area contributed by atoms with E-state index in [9.17, 15) is 14.4 Å². The maximum Gasteiger partial charge on any atom is 0.325 e. The van der Waals surface area contributed by atoms with E-state index in [2.05, 4.69) is 4.74 Å². The van der Waals surface area contributed by atoms with Crippen molar-refractivity contribution in [2.75, 3.05) is 26.7 Å². The number of carbonyl (C=O) groups excluding carboxylic acids is 2. The molecule has 1 atom stereocenters. The maximum atomic E-state index is 12.4. The zero-order valence-electron chi connectivity index (χ0n) is 12.0. The van der Waals surface area contributed by atoms with Crippen molar-refractivity contribution >= 4 is 18.0 Å². The van der Waals surface area contributed by atoms with Gasteiger partial charge in [0.05, 0.1) is 13.5 Å². The molecule has 1 aliphatic rings. The summed E-state index contributed by atoms with van der Waals surface area (Å²) in [5.74, 6) is -1.39. The lowest BCUT2D eigenvalue weighted by atomic mass is 10.00. The molecule has 0 saturated carbocycles. The number of rotatable bonds is 5. The highest BCUT2D eigenvalue weighted by molar-refractivity contribution is 5.81. The van der Waals surface area contributed by atoms with Gasteiger partial charge in [0.15, 0.2) is 0 Å². The van der Waals surface area contributed by atoms with Crippen LogP contribution in [0.5, 0.6) is 0 Å². The highest BCUT2D eigenvalue weighted by atomic mass is 16.5. The second-order valence-electron chi connectivity index (χ2n) is 4.81. The third-order valence-corrected chi connectivity index (χ3v) is 3.48. The first kappa shape index (κ1) is 16.3. The molecule has 1 saturated heterocycles. The molecule has 1 unspecified atom stereocenters. The first-order valence-electron chi connectivity index (χ1n) is 6.83. The van der Waals surface area contributed by atoms with Crippen LogP contribution < -0.4 is 0 Å². The minimum Gasteiger partial charge on any atom is -0.481 e. The molecular formula is C13H22N2O5. The Morgan fingerprint density at radius 1 is 1.35 bits per heavy atom. The van der Waals surface area contributed by atoms with E-state index in [4.69, 9.17) is 5.11 Å². The average Bonchev–Trinajstić information content (AvgIpc) is 2.43. The number of hydrogen-bond acceptors (Lipinski definition) is 4. The number of nitrogens with zero attached hydrogens (tertiary/aromatic N) is 2. The molecule has 0 bridgehead atoms. The van der Waals surface area contributed by atoms with Crippen LogP contribution in [0.25, 0.3) is 0 Å². The third kappa shape index (κ3) is 4.40. The molecule has 0 aromatic carbocycles. The number of esters is 1. The Kier molecular flexibility index (Phi) is 6.27. The molecule has 1 fully saturated rings. The van der Waals surface area contributed by atoms with Gasteiger partial charge in [-0.25, -0.2) is 4.79 Å². The van der Waals surface area contributed by atoms with E-state index in [-0.39, 0.29) is 25.0 Å². The number of methoxy groups -OCH3 is 1. The Morgan fingerprint density at radius 3 is 2.60 bits per heavy atom. The fourth-order valence-electron chi connectivity index (χ4n) is 2.38. The monoisotopic (exact) mass is 286 g/mol. The summed E-state index contributed by atoms with van der Waals surface area (Å²) in [4.78, 5) is 37.6. The minimum absolute atomic E-state index is 0.0540. The summed E-state index contributed by atoms with van der Waals surface area (Å²) >= 11 is 0. The third-order valence-electron chi connectivity index (χ3n) is 3.48. The van der Waals surface area contributed by atoms with Crippen molar-refractivity contribution in [1.29, 1.82) is 0 Å². The number of likely N-dealkylation sites (N-methyl/N-ethyl adjacent to an activating group) is 1. The summed E-state index contributed by atoms with van der Waals surface area (Å²) in [6.07, 6.45) is 2.41. The Hall–Kier alpha value is -1.79. The second-order valence-corrected chi connectivity index (χ2v) is 4.81. The summed E-state index contributed by atoms with van der Waals surface area (Å²) in [6.45, 7) is 2.58. The van der Waals surface area contributed by atoms with Crippen LogP contribution >= 0.6 is 0 Å². The molecule has 1 N–H and O–H groups in total. The molecule has 20 heavy (non-hydrogen) atoms. The van der Waals surface area contributed by atoms with Crippen molar-refractivity contribution in [2.24, 2.45) is 0 Å². The summed E-state index contributed by atoms with van der Waals surface area (Å²) in [5.41, 5.74) is 0. The first-order valence-corrected chi connectivity index (χ1v) is 6.83. The lowest BCUT2D eigenvalue weighted by Gasteiger charge is -2.38. The van der Waals surface area contributed by atoms with Gasteiger partial charge in [0.2, 0.25) is 0 Å². The van der Waals surface area contributed by atoms with Crippen LogP contribution in [-0.4, -0.2) is 65.7 Å². The molecule has 0 spiro atoms. The van der Waals surface area contributed by atoms with Crippen LogP contribution in [0.2, 0.25) is 0 Å². The lowest BCUT2D eigenvalue weighted by Crippen LogP contribution is -2.52. The number of carboxylic acids is 1. The van der Waals surface area contributed by atoms with Crippen LogP contribution in [0.15, 0.2) is 0 Å². The molecule has 7 nitrogen and oxygen atoms in total. The first-order chi connectivity index (χ1) is 9.49. The molecule has 114 valence electrons. The van der Waals surface area contributed by atoms with E-state index in [1.807, 2.05) is 0 Å². The van der Waals surface area contributed by atoms with Gasteiger partial charge in [-0.1, -0.05) is 0 Å². The molecule has 1 rings (SSSR count). The van der Waals surface area contributed by atoms with Gasteiger partial charge >= 0.3 is 18.0 Å². The fraction of sp³-hybridized carbons (Fsp3) is 0.769. The van der Waals surface area contributed by atoms with E-state index >= 15 is 0 Å². The van der Waals surface area contributed by atoms with Crippen LogP contribution in [0.3, 0.4) is 0 Å². The number of carbonyl (C=O) groups is 3. The Balaban J connectivity index is 2.73. The highest BCUT2D eigenvalue weighted by Gasteiger charge is 2.31. The highest BCUT2D eigenvalue weighted by Crippen LogP contribution is 2.21. The number of hydrogen-bond donors (Lipinski definition) is 1. The minimum atomic E-state index is -0.911. The van der Waals surface area contributed by atoms with E-state index in [0.29, 0.717) is 19.5 Å². The Bertz CT molecular complexity index is 372. The van der Waals surface area contributed by atoms with Crippen LogP contribution in [0.4, 0.5) is 4.79 Å². The number of aliphatic carboxylic acids is 1. The van der Waals surface area contributed by atoms with Gasteiger partial charge in [0, 0.05) is 19.1 Å². The van der Waals surface area contributed by atoms with E-state index in [1.165, 1.54) is 12.0 Å². The zero-order chi connectivity index (χ0) is 15.1. The molecule has 2 amide bonds. The zero-order valence-corrected chi connectivity index (χ0v) is 12.0. The smallest absolute Gasteiger partial charge is 0.325 e. The molecule has 1 heterocycles. The van der Waals surface area contributed by atoms with E-state index < -0.39 is 11.9 Å². The quantitative estimate of drug-likeness (QED) is 0.760. The van der Waals surface area contributed by atoms with Crippen LogP contribution in [-0.2, 0) is 14.3 Å². The molecule has 7 heteroatoms. The van der Waals surface area contributed by atoms with Crippen molar-refractivity contribution in [3.63, 3.8) is 0 Å². The van der Waals surface area contributed by atoms with Gasteiger partial charge < -0.3 is 19.6 Å². The summed E-state index contributed by atoms with van der Waals surface area (Å²) < 4.78 is 4.57. The van der Waals surface area contributed by atoms with E-state index in [0.717, 1.165) is 12.8 Å². The molecular weight excluding hydrogens is 264 g/mol. The van der Waals surface area contributed by atoms with Crippen molar-refractivity contribution < 1.29 is 24.2 Å². The summed E-state index contributed by atoms with van der Waals surface area (Å²) in [7, 11) is 1.27. The topological polar surface area (TPSA) is 87.2 Å². The SMILES string of the molecule is CCN(CC(=O)OC)C(=O)N1CCCCC1CC(=O)O. The Labute approximate surface area is 118 Å². The van der Waals surface area contributed by atoms with Gasteiger partial charge in [0.25, 0.3) is 0 Å². The van der Waals surface area contributed by atoms with E-state index in [1.54, 1.807) is 11.8 Å². The average molecular weight is 286 g/mol. The van der Waals surface area contributed by atoms with Crippen LogP contribution in [0.1, 0.15) is 32.6 Å². The van der Waals surface area contributed by atoms with Crippen molar-refractivity contribution in [3.8, 4) is 0 Å². The maximum absolute atomic E-state index is 12.4. The van der Waals surface area contributed by atoms with Gasteiger partial charge in [-0.15, -0.1) is 0 Å². The largest absolute Gasteiger partial charge is 0.481 e. The molecule has 0 aromatic rings. The van der Waals surface area contributed by atoms with Gasteiger partial charge in [-0.2, -0.15) is 0 Å². The molecule has 0 radical (unpaired) electrons.